The Morgan fingerprint density at radius 2 is 1.44 bits per heavy atom. The predicted octanol–water partition coefficient (Wildman–Crippen LogP) is 3.37. The van der Waals surface area contributed by atoms with Gasteiger partial charge in [-0.05, 0) is 49.2 Å². The molecule has 0 aliphatic heterocycles. The molecular formula is C14H15NO. The van der Waals surface area contributed by atoms with Crippen molar-refractivity contribution < 1.29 is 4.74 Å². The van der Waals surface area contributed by atoms with Crippen molar-refractivity contribution in [3.63, 3.8) is 0 Å². The topological polar surface area (TPSA) is 22.1 Å². The van der Waals surface area contributed by atoms with Crippen LogP contribution in [-0.2, 0) is 0 Å². The molecule has 2 nitrogen and oxygen atoms in total. The molecule has 2 rings (SSSR count). The van der Waals surface area contributed by atoms with Crippen LogP contribution in [0.1, 0.15) is 11.4 Å². The van der Waals surface area contributed by atoms with Crippen LogP contribution in [0.3, 0.4) is 0 Å². The molecule has 1 heterocycles. The van der Waals surface area contributed by atoms with Crippen molar-refractivity contribution in [1.82, 2.24) is 4.98 Å². The molecule has 0 amide bonds. The summed E-state index contributed by atoms with van der Waals surface area (Å²) in [6.07, 6.45) is 0. The molecule has 0 spiro atoms. The highest BCUT2D eigenvalue weighted by Crippen LogP contribution is 2.23. The molecule has 1 aromatic carbocycles. The number of rotatable bonds is 2. The maximum Gasteiger partial charge on any atom is 0.118 e. The number of pyridine rings is 1. The number of ether oxygens (including phenoxy) is 1. The molecule has 16 heavy (non-hydrogen) atoms. The third kappa shape index (κ3) is 2.22. The minimum Gasteiger partial charge on any atom is -0.497 e. The Morgan fingerprint density at radius 1 is 0.875 bits per heavy atom. The first kappa shape index (κ1) is 10.7. The van der Waals surface area contributed by atoms with Gasteiger partial charge < -0.3 is 4.74 Å². The Labute approximate surface area is 95.9 Å². The molecule has 0 N–H and O–H groups in total. The molecule has 0 bridgehead atoms. The van der Waals surface area contributed by atoms with Gasteiger partial charge in [-0.15, -0.1) is 0 Å². The van der Waals surface area contributed by atoms with Crippen LogP contribution < -0.4 is 4.74 Å². The highest BCUT2D eigenvalue weighted by molar-refractivity contribution is 5.64. The Hall–Kier alpha value is -1.83. The molecule has 2 aromatic rings. The van der Waals surface area contributed by atoms with E-state index in [0.717, 1.165) is 17.1 Å². The summed E-state index contributed by atoms with van der Waals surface area (Å²) in [5, 5.41) is 0. The maximum atomic E-state index is 5.14. The summed E-state index contributed by atoms with van der Waals surface area (Å²) in [7, 11) is 1.68. The second-order valence-electron chi connectivity index (χ2n) is 3.87. The molecule has 0 saturated carbocycles. The lowest BCUT2D eigenvalue weighted by Gasteiger charge is -2.05. The van der Waals surface area contributed by atoms with E-state index < -0.39 is 0 Å². The fourth-order valence-electron chi connectivity index (χ4n) is 1.78. The van der Waals surface area contributed by atoms with E-state index >= 15 is 0 Å². The Kier molecular flexibility index (Phi) is 2.91. The van der Waals surface area contributed by atoms with E-state index in [2.05, 4.69) is 29.2 Å². The number of benzene rings is 1. The van der Waals surface area contributed by atoms with Crippen LogP contribution in [0.2, 0.25) is 0 Å². The Balaban J connectivity index is 2.42. The SMILES string of the molecule is COc1ccc(-c2cc(C)nc(C)c2)cc1. The van der Waals surface area contributed by atoms with Crippen molar-refractivity contribution in [3.05, 3.63) is 47.8 Å². The van der Waals surface area contributed by atoms with Gasteiger partial charge in [-0.25, -0.2) is 0 Å². The normalized spacial score (nSPS) is 10.2. The number of aromatic nitrogens is 1. The van der Waals surface area contributed by atoms with Gasteiger partial charge >= 0.3 is 0 Å². The second kappa shape index (κ2) is 4.35. The van der Waals surface area contributed by atoms with Gasteiger partial charge in [-0.3, -0.25) is 4.98 Å². The van der Waals surface area contributed by atoms with Gasteiger partial charge in [0.25, 0.3) is 0 Å². The summed E-state index contributed by atoms with van der Waals surface area (Å²) in [6, 6.07) is 12.3. The summed E-state index contributed by atoms with van der Waals surface area (Å²) in [6.45, 7) is 4.03. The van der Waals surface area contributed by atoms with E-state index in [1.165, 1.54) is 11.1 Å². The zero-order valence-electron chi connectivity index (χ0n) is 9.82. The molecule has 0 unspecified atom stereocenters. The Morgan fingerprint density at radius 3 is 1.94 bits per heavy atom. The number of methoxy groups -OCH3 is 1. The quantitative estimate of drug-likeness (QED) is 0.763. The number of hydrogen-bond donors (Lipinski definition) is 0. The van der Waals surface area contributed by atoms with Crippen LogP contribution >= 0.6 is 0 Å². The van der Waals surface area contributed by atoms with E-state index in [0.29, 0.717) is 0 Å². The van der Waals surface area contributed by atoms with Gasteiger partial charge in [0.1, 0.15) is 5.75 Å². The van der Waals surface area contributed by atoms with Gasteiger partial charge in [0, 0.05) is 11.4 Å². The minimum atomic E-state index is 0.881. The lowest BCUT2D eigenvalue weighted by molar-refractivity contribution is 0.415. The fraction of sp³-hybridized carbons (Fsp3) is 0.214. The van der Waals surface area contributed by atoms with E-state index in [1.807, 2.05) is 26.0 Å². The van der Waals surface area contributed by atoms with Crippen LogP contribution in [0.15, 0.2) is 36.4 Å². The molecule has 0 fully saturated rings. The number of aryl methyl sites for hydroxylation is 2. The lowest BCUT2D eigenvalue weighted by Crippen LogP contribution is -1.88. The second-order valence-corrected chi connectivity index (χ2v) is 3.87. The fourth-order valence-corrected chi connectivity index (χ4v) is 1.78. The molecule has 82 valence electrons. The van der Waals surface area contributed by atoms with Crippen LogP contribution in [0.25, 0.3) is 11.1 Å². The molecule has 0 saturated heterocycles. The van der Waals surface area contributed by atoms with Crippen molar-refractivity contribution in [2.24, 2.45) is 0 Å². The molecule has 1 aromatic heterocycles. The van der Waals surface area contributed by atoms with Crippen molar-refractivity contribution in [2.75, 3.05) is 7.11 Å². The average molecular weight is 213 g/mol. The standard InChI is InChI=1S/C14H15NO/c1-10-8-13(9-11(2)15-10)12-4-6-14(16-3)7-5-12/h4-9H,1-3H3. The van der Waals surface area contributed by atoms with Crippen LogP contribution in [0, 0.1) is 13.8 Å². The monoisotopic (exact) mass is 213 g/mol. The van der Waals surface area contributed by atoms with Crippen LogP contribution in [0.5, 0.6) is 5.75 Å². The maximum absolute atomic E-state index is 5.14. The minimum absolute atomic E-state index is 0.881. The van der Waals surface area contributed by atoms with Crippen molar-refractivity contribution in [2.45, 2.75) is 13.8 Å². The summed E-state index contributed by atoms with van der Waals surface area (Å²) in [4.78, 5) is 4.37. The van der Waals surface area contributed by atoms with Crippen LogP contribution in [0.4, 0.5) is 0 Å². The van der Waals surface area contributed by atoms with Crippen molar-refractivity contribution >= 4 is 0 Å². The van der Waals surface area contributed by atoms with E-state index in [-0.39, 0.29) is 0 Å². The van der Waals surface area contributed by atoms with Crippen LogP contribution in [-0.4, -0.2) is 12.1 Å². The third-order valence-corrected chi connectivity index (χ3v) is 2.50. The predicted molar refractivity (Wildman–Crippen MR) is 65.7 cm³/mol. The van der Waals surface area contributed by atoms with Crippen molar-refractivity contribution in [1.29, 1.82) is 0 Å². The zero-order valence-corrected chi connectivity index (χ0v) is 9.82. The van der Waals surface area contributed by atoms with Gasteiger partial charge in [0.15, 0.2) is 0 Å². The summed E-state index contributed by atoms with van der Waals surface area (Å²) >= 11 is 0. The van der Waals surface area contributed by atoms with Crippen molar-refractivity contribution in [3.8, 4) is 16.9 Å². The molecule has 0 radical (unpaired) electrons. The molecule has 0 aliphatic rings. The molecule has 0 atom stereocenters. The van der Waals surface area contributed by atoms with Gasteiger partial charge in [0.05, 0.1) is 7.11 Å². The van der Waals surface area contributed by atoms with E-state index in [9.17, 15) is 0 Å². The number of nitrogens with zero attached hydrogens (tertiary/aromatic N) is 1. The van der Waals surface area contributed by atoms with E-state index in [4.69, 9.17) is 4.74 Å². The first-order valence-electron chi connectivity index (χ1n) is 5.29. The zero-order chi connectivity index (χ0) is 11.5. The summed E-state index contributed by atoms with van der Waals surface area (Å²) in [5.41, 5.74) is 4.48. The first-order chi connectivity index (χ1) is 7.69. The molecule has 0 aliphatic carbocycles. The molecular weight excluding hydrogens is 198 g/mol. The smallest absolute Gasteiger partial charge is 0.118 e. The van der Waals surface area contributed by atoms with Gasteiger partial charge in [-0.1, -0.05) is 12.1 Å². The average Bonchev–Trinajstić information content (AvgIpc) is 2.28. The third-order valence-electron chi connectivity index (χ3n) is 2.50. The molecule has 2 heteroatoms. The highest BCUT2D eigenvalue weighted by Gasteiger charge is 2.00. The highest BCUT2D eigenvalue weighted by atomic mass is 16.5. The van der Waals surface area contributed by atoms with E-state index in [1.54, 1.807) is 7.11 Å². The Bertz CT molecular complexity index is 468. The number of hydrogen-bond acceptors (Lipinski definition) is 2. The van der Waals surface area contributed by atoms with Gasteiger partial charge in [-0.2, -0.15) is 0 Å². The summed E-state index contributed by atoms with van der Waals surface area (Å²) < 4.78 is 5.14. The van der Waals surface area contributed by atoms with Gasteiger partial charge in [0.2, 0.25) is 0 Å². The summed E-state index contributed by atoms with van der Waals surface area (Å²) in [5.74, 6) is 0.881. The largest absolute Gasteiger partial charge is 0.497 e. The lowest BCUT2D eigenvalue weighted by atomic mass is 10.1. The first-order valence-corrected chi connectivity index (χ1v) is 5.29.